The molecule has 0 radical (unpaired) electrons. The van der Waals surface area contributed by atoms with E-state index in [0.717, 1.165) is 6.41 Å². The van der Waals surface area contributed by atoms with Crippen molar-refractivity contribution in [2.75, 3.05) is 14.1 Å². The van der Waals surface area contributed by atoms with E-state index < -0.39 is 11.9 Å². The normalized spacial score (nSPS) is 8.59. The molecule has 0 aliphatic rings. The third-order valence-corrected chi connectivity index (χ3v) is 1.59. The number of carboxylic acid groups (broad SMARTS) is 2. The third kappa shape index (κ3) is 5.93. The van der Waals surface area contributed by atoms with Crippen LogP contribution in [-0.4, -0.2) is 47.6 Å². The Hall–Kier alpha value is -2.37. The summed E-state index contributed by atoms with van der Waals surface area (Å²) in [6.45, 7) is 0. The minimum Gasteiger partial charge on any atom is -0.478 e. The molecule has 1 aromatic carbocycles. The lowest BCUT2D eigenvalue weighted by Gasteiger charge is -1.94. The van der Waals surface area contributed by atoms with Gasteiger partial charge in [-0.15, -0.1) is 0 Å². The summed E-state index contributed by atoms with van der Waals surface area (Å²) in [4.78, 5) is 31.5. The number of benzene rings is 1. The van der Waals surface area contributed by atoms with Crippen molar-refractivity contribution in [2.24, 2.45) is 0 Å². The van der Waals surface area contributed by atoms with Crippen LogP contribution in [0.2, 0.25) is 0 Å². The molecule has 0 bridgehead atoms. The van der Waals surface area contributed by atoms with Gasteiger partial charge in [0.25, 0.3) is 0 Å². The highest BCUT2D eigenvalue weighted by Crippen LogP contribution is 2.03. The van der Waals surface area contributed by atoms with Crippen LogP contribution in [0.3, 0.4) is 0 Å². The molecular formula is C11H13NO5. The van der Waals surface area contributed by atoms with Crippen molar-refractivity contribution in [2.45, 2.75) is 0 Å². The fourth-order valence-electron chi connectivity index (χ4n) is 0.755. The van der Waals surface area contributed by atoms with E-state index in [1.165, 1.54) is 29.2 Å². The van der Waals surface area contributed by atoms with E-state index >= 15 is 0 Å². The van der Waals surface area contributed by atoms with E-state index in [-0.39, 0.29) is 11.1 Å². The maximum absolute atomic E-state index is 10.3. The van der Waals surface area contributed by atoms with Crippen LogP contribution >= 0.6 is 0 Å². The van der Waals surface area contributed by atoms with Gasteiger partial charge in [-0.1, -0.05) is 0 Å². The van der Waals surface area contributed by atoms with Gasteiger partial charge in [0.05, 0.1) is 11.1 Å². The lowest BCUT2D eigenvalue weighted by Crippen LogP contribution is -2.06. The maximum atomic E-state index is 10.3. The quantitative estimate of drug-likeness (QED) is 0.760. The molecule has 1 aromatic rings. The van der Waals surface area contributed by atoms with E-state index in [2.05, 4.69) is 0 Å². The fourth-order valence-corrected chi connectivity index (χ4v) is 0.755. The Morgan fingerprint density at radius 3 is 1.35 bits per heavy atom. The van der Waals surface area contributed by atoms with Gasteiger partial charge >= 0.3 is 11.9 Å². The van der Waals surface area contributed by atoms with E-state index in [9.17, 15) is 14.4 Å². The van der Waals surface area contributed by atoms with Crippen molar-refractivity contribution in [3.8, 4) is 0 Å². The summed E-state index contributed by atoms with van der Waals surface area (Å²) in [7, 11) is 3.38. The molecule has 1 rings (SSSR count). The summed E-state index contributed by atoms with van der Waals surface area (Å²) < 4.78 is 0. The molecule has 0 spiro atoms. The molecule has 92 valence electrons. The maximum Gasteiger partial charge on any atom is 0.335 e. The van der Waals surface area contributed by atoms with Crippen LogP contribution in [0.4, 0.5) is 0 Å². The Morgan fingerprint density at radius 2 is 1.24 bits per heavy atom. The van der Waals surface area contributed by atoms with Crippen molar-refractivity contribution < 1.29 is 24.6 Å². The first-order chi connectivity index (χ1) is 7.88. The zero-order chi connectivity index (χ0) is 13.4. The largest absolute Gasteiger partial charge is 0.478 e. The molecule has 0 aromatic heterocycles. The highest BCUT2D eigenvalue weighted by atomic mass is 16.4. The van der Waals surface area contributed by atoms with Crippen molar-refractivity contribution >= 4 is 18.3 Å². The molecule has 1 amide bonds. The zero-order valence-electron chi connectivity index (χ0n) is 9.45. The van der Waals surface area contributed by atoms with Crippen LogP contribution in [0, 0.1) is 0 Å². The first kappa shape index (κ1) is 14.6. The van der Waals surface area contributed by atoms with Gasteiger partial charge in [0.2, 0.25) is 6.41 Å². The van der Waals surface area contributed by atoms with E-state index in [0.29, 0.717) is 0 Å². The monoisotopic (exact) mass is 239 g/mol. The van der Waals surface area contributed by atoms with E-state index in [4.69, 9.17) is 10.2 Å². The lowest BCUT2D eigenvalue weighted by atomic mass is 10.1. The van der Waals surface area contributed by atoms with Crippen LogP contribution in [0.25, 0.3) is 0 Å². The van der Waals surface area contributed by atoms with Crippen molar-refractivity contribution in [3.63, 3.8) is 0 Å². The molecule has 0 heterocycles. The molecule has 0 atom stereocenters. The molecule has 17 heavy (non-hydrogen) atoms. The van der Waals surface area contributed by atoms with Gasteiger partial charge in [0, 0.05) is 14.1 Å². The second-order valence-electron chi connectivity index (χ2n) is 3.26. The number of carbonyl (C=O) groups excluding carboxylic acids is 1. The molecule has 2 N–H and O–H groups in total. The standard InChI is InChI=1S/C8H6O4.C3H7NO/c9-7(10)5-1-2-6(4-3-5)8(11)12;1-4(2)3-5/h1-4H,(H,9,10)(H,11,12);3H,1-2H3. The van der Waals surface area contributed by atoms with Gasteiger partial charge in [0.15, 0.2) is 0 Å². The SMILES string of the molecule is CN(C)C=O.O=C(O)c1ccc(C(=O)O)cc1. The summed E-state index contributed by atoms with van der Waals surface area (Å²) in [5.74, 6) is -2.13. The highest BCUT2D eigenvalue weighted by Gasteiger charge is 2.04. The van der Waals surface area contributed by atoms with Gasteiger partial charge < -0.3 is 15.1 Å². The van der Waals surface area contributed by atoms with Gasteiger partial charge in [-0.05, 0) is 24.3 Å². The molecule has 0 aliphatic heterocycles. The lowest BCUT2D eigenvalue weighted by molar-refractivity contribution is -0.115. The fraction of sp³-hybridized carbons (Fsp3) is 0.182. The molecule has 0 saturated carbocycles. The van der Waals surface area contributed by atoms with Crippen LogP contribution in [-0.2, 0) is 4.79 Å². The number of carbonyl (C=O) groups is 3. The molecular weight excluding hydrogens is 226 g/mol. The molecule has 6 nitrogen and oxygen atoms in total. The molecule has 0 fully saturated rings. The van der Waals surface area contributed by atoms with Crippen molar-refractivity contribution in [1.29, 1.82) is 0 Å². The molecule has 6 heteroatoms. The summed E-state index contributed by atoms with van der Waals surface area (Å²) >= 11 is 0. The number of amides is 1. The molecule has 0 aliphatic carbocycles. The second kappa shape index (κ2) is 7.00. The van der Waals surface area contributed by atoms with Crippen LogP contribution in [0.5, 0.6) is 0 Å². The zero-order valence-corrected chi connectivity index (χ0v) is 9.45. The Kier molecular flexibility index (Phi) is 6.02. The first-order valence-corrected chi connectivity index (χ1v) is 4.57. The summed E-state index contributed by atoms with van der Waals surface area (Å²) in [5, 5.41) is 16.9. The Morgan fingerprint density at radius 1 is 1.00 bits per heavy atom. The predicted molar refractivity (Wildman–Crippen MR) is 60.1 cm³/mol. The Labute approximate surface area is 98.1 Å². The van der Waals surface area contributed by atoms with Gasteiger partial charge in [-0.3, -0.25) is 4.79 Å². The van der Waals surface area contributed by atoms with E-state index in [1.54, 1.807) is 14.1 Å². The Bertz CT molecular complexity index is 364. The molecule has 0 unspecified atom stereocenters. The number of hydrogen-bond donors (Lipinski definition) is 2. The number of nitrogens with zero attached hydrogens (tertiary/aromatic N) is 1. The topological polar surface area (TPSA) is 94.9 Å². The van der Waals surface area contributed by atoms with E-state index in [1.807, 2.05) is 0 Å². The Balaban J connectivity index is 0.000000437. The van der Waals surface area contributed by atoms with Crippen molar-refractivity contribution in [1.82, 2.24) is 4.90 Å². The number of carboxylic acids is 2. The minimum atomic E-state index is -1.06. The number of aromatic carboxylic acids is 2. The number of hydrogen-bond acceptors (Lipinski definition) is 3. The van der Waals surface area contributed by atoms with Crippen LogP contribution < -0.4 is 0 Å². The first-order valence-electron chi connectivity index (χ1n) is 4.57. The highest BCUT2D eigenvalue weighted by molar-refractivity contribution is 5.91. The third-order valence-electron chi connectivity index (χ3n) is 1.59. The average molecular weight is 239 g/mol. The smallest absolute Gasteiger partial charge is 0.335 e. The van der Waals surface area contributed by atoms with Crippen molar-refractivity contribution in [3.05, 3.63) is 35.4 Å². The van der Waals surface area contributed by atoms with Gasteiger partial charge in [-0.25, -0.2) is 9.59 Å². The van der Waals surface area contributed by atoms with Gasteiger partial charge in [0.1, 0.15) is 0 Å². The summed E-state index contributed by atoms with van der Waals surface area (Å²) in [6, 6.07) is 5.02. The van der Waals surface area contributed by atoms with Crippen LogP contribution in [0.15, 0.2) is 24.3 Å². The summed E-state index contributed by atoms with van der Waals surface area (Å²) in [5.41, 5.74) is 0.167. The predicted octanol–water partition coefficient (Wildman–Crippen LogP) is 0.787. The van der Waals surface area contributed by atoms with Gasteiger partial charge in [-0.2, -0.15) is 0 Å². The minimum absolute atomic E-state index is 0.0833. The van der Waals surface area contributed by atoms with Crippen LogP contribution in [0.1, 0.15) is 20.7 Å². The summed E-state index contributed by atoms with van der Waals surface area (Å²) in [6.07, 6.45) is 0.750. The average Bonchev–Trinajstić information content (AvgIpc) is 2.29. The second-order valence-corrected chi connectivity index (χ2v) is 3.26. The molecule has 0 saturated heterocycles. The number of rotatable bonds is 3.